The van der Waals surface area contributed by atoms with Gasteiger partial charge in [0.05, 0.1) is 6.26 Å². The number of imide groups is 1. The molecule has 0 aliphatic rings. The maximum Gasteiger partial charge on any atom is 0.229 e. The van der Waals surface area contributed by atoms with E-state index in [9.17, 15) is 9.59 Å². The average Bonchev–Trinajstić information content (AvgIpc) is 2.82. The summed E-state index contributed by atoms with van der Waals surface area (Å²) < 4.78 is 5.34. The highest BCUT2D eigenvalue weighted by Crippen LogP contribution is 2.20. The Bertz CT molecular complexity index is 616. The summed E-state index contributed by atoms with van der Waals surface area (Å²) in [5, 5.41) is 3.36. The zero-order valence-electron chi connectivity index (χ0n) is 11.7. The number of hydrogen-bond donors (Lipinski definition) is 1. The molecule has 0 atom stereocenters. The number of furan rings is 1. The first-order valence-corrected chi connectivity index (χ1v) is 6.72. The number of rotatable bonds is 5. The van der Waals surface area contributed by atoms with Crippen LogP contribution in [0.1, 0.15) is 32.3 Å². The van der Waals surface area contributed by atoms with Crippen LogP contribution in [0, 0.1) is 5.92 Å². The highest BCUT2D eigenvalue weighted by molar-refractivity contribution is 5.95. The zero-order chi connectivity index (χ0) is 14.5. The van der Waals surface area contributed by atoms with Crippen LogP contribution in [0.25, 0.3) is 11.1 Å². The second-order valence-corrected chi connectivity index (χ2v) is 5.04. The van der Waals surface area contributed by atoms with Crippen LogP contribution in [0.3, 0.4) is 0 Å². The van der Waals surface area contributed by atoms with Crippen molar-refractivity contribution in [3.63, 3.8) is 0 Å². The fourth-order valence-corrected chi connectivity index (χ4v) is 1.90. The lowest BCUT2D eigenvalue weighted by Gasteiger charge is -2.05. The van der Waals surface area contributed by atoms with Gasteiger partial charge in [-0.15, -0.1) is 0 Å². The SMILES string of the molecule is CC(C)C(=O)NC(=O)CCCc1coc2ncccc12. The molecule has 2 rings (SSSR count). The number of amides is 2. The molecule has 0 aromatic carbocycles. The molecule has 0 spiro atoms. The lowest BCUT2D eigenvalue weighted by atomic mass is 10.1. The summed E-state index contributed by atoms with van der Waals surface area (Å²) in [5.41, 5.74) is 1.65. The van der Waals surface area contributed by atoms with E-state index in [0.29, 0.717) is 18.6 Å². The van der Waals surface area contributed by atoms with Crippen LogP contribution in [0.15, 0.2) is 29.0 Å². The summed E-state index contributed by atoms with van der Waals surface area (Å²) >= 11 is 0. The van der Waals surface area contributed by atoms with Gasteiger partial charge in [0, 0.05) is 23.9 Å². The maximum atomic E-state index is 11.6. The van der Waals surface area contributed by atoms with Gasteiger partial charge in [-0.3, -0.25) is 14.9 Å². The molecule has 106 valence electrons. The van der Waals surface area contributed by atoms with Crippen molar-refractivity contribution in [1.82, 2.24) is 10.3 Å². The predicted molar refractivity (Wildman–Crippen MR) is 74.9 cm³/mol. The van der Waals surface area contributed by atoms with Crippen molar-refractivity contribution >= 4 is 22.9 Å². The third kappa shape index (κ3) is 3.44. The summed E-state index contributed by atoms with van der Waals surface area (Å²) in [5.74, 6) is -0.634. The molecular weight excluding hydrogens is 256 g/mol. The lowest BCUT2D eigenvalue weighted by Crippen LogP contribution is -2.33. The molecule has 0 unspecified atom stereocenters. The van der Waals surface area contributed by atoms with Gasteiger partial charge >= 0.3 is 0 Å². The minimum absolute atomic E-state index is 0.178. The van der Waals surface area contributed by atoms with E-state index in [1.807, 2.05) is 12.1 Å². The van der Waals surface area contributed by atoms with Crippen molar-refractivity contribution in [3.8, 4) is 0 Å². The van der Waals surface area contributed by atoms with Gasteiger partial charge in [-0.2, -0.15) is 0 Å². The quantitative estimate of drug-likeness (QED) is 0.909. The van der Waals surface area contributed by atoms with E-state index >= 15 is 0 Å². The number of hydrogen-bond acceptors (Lipinski definition) is 4. The molecule has 0 bridgehead atoms. The third-order valence-electron chi connectivity index (χ3n) is 3.07. The zero-order valence-corrected chi connectivity index (χ0v) is 11.7. The predicted octanol–water partition coefficient (Wildman–Crippen LogP) is 2.45. The highest BCUT2D eigenvalue weighted by Gasteiger charge is 2.12. The van der Waals surface area contributed by atoms with Gasteiger partial charge in [0.2, 0.25) is 17.5 Å². The van der Waals surface area contributed by atoms with E-state index in [2.05, 4.69) is 10.3 Å². The fourth-order valence-electron chi connectivity index (χ4n) is 1.90. The van der Waals surface area contributed by atoms with Gasteiger partial charge in [-0.05, 0) is 30.5 Å². The maximum absolute atomic E-state index is 11.6. The van der Waals surface area contributed by atoms with Crippen LogP contribution in [0.5, 0.6) is 0 Å². The van der Waals surface area contributed by atoms with Crippen LogP contribution < -0.4 is 5.32 Å². The van der Waals surface area contributed by atoms with E-state index in [0.717, 1.165) is 17.4 Å². The Morgan fingerprint density at radius 3 is 2.95 bits per heavy atom. The van der Waals surface area contributed by atoms with Gasteiger partial charge < -0.3 is 4.42 Å². The summed E-state index contributed by atoms with van der Waals surface area (Å²) in [6.07, 6.45) is 5.07. The number of pyridine rings is 1. The van der Waals surface area contributed by atoms with E-state index in [1.165, 1.54) is 0 Å². The monoisotopic (exact) mass is 274 g/mol. The average molecular weight is 274 g/mol. The van der Waals surface area contributed by atoms with Crippen LogP contribution in [0.4, 0.5) is 0 Å². The number of nitrogens with zero attached hydrogens (tertiary/aromatic N) is 1. The minimum Gasteiger partial charge on any atom is -0.446 e. The van der Waals surface area contributed by atoms with Crippen molar-refractivity contribution < 1.29 is 14.0 Å². The van der Waals surface area contributed by atoms with Gasteiger partial charge in [0.25, 0.3) is 0 Å². The largest absolute Gasteiger partial charge is 0.446 e. The van der Waals surface area contributed by atoms with E-state index in [1.54, 1.807) is 26.3 Å². The normalized spacial score (nSPS) is 10.9. The second kappa shape index (κ2) is 6.32. The van der Waals surface area contributed by atoms with Crippen molar-refractivity contribution in [2.24, 2.45) is 5.92 Å². The van der Waals surface area contributed by atoms with Gasteiger partial charge in [-0.25, -0.2) is 4.98 Å². The molecule has 5 heteroatoms. The second-order valence-electron chi connectivity index (χ2n) is 5.04. The summed E-state index contributed by atoms with van der Waals surface area (Å²) in [6, 6.07) is 3.80. The molecule has 2 heterocycles. The molecule has 0 saturated heterocycles. The lowest BCUT2D eigenvalue weighted by molar-refractivity contribution is -0.132. The molecule has 2 aromatic heterocycles. The van der Waals surface area contributed by atoms with Crippen molar-refractivity contribution in [2.75, 3.05) is 0 Å². The number of carbonyl (C=O) groups excluding carboxylic acids is 2. The summed E-state index contributed by atoms with van der Waals surface area (Å²) in [7, 11) is 0. The number of nitrogens with one attached hydrogen (secondary N) is 1. The van der Waals surface area contributed by atoms with Gasteiger partial charge in [-0.1, -0.05) is 13.8 Å². The Balaban J connectivity index is 1.84. The first kappa shape index (κ1) is 14.2. The molecule has 20 heavy (non-hydrogen) atoms. The Morgan fingerprint density at radius 2 is 2.20 bits per heavy atom. The Kier molecular flexibility index (Phi) is 4.50. The van der Waals surface area contributed by atoms with Crippen molar-refractivity contribution in [1.29, 1.82) is 0 Å². The number of aromatic nitrogens is 1. The highest BCUT2D eigenvalue weighted by atomic mass is 16.3. The molecule has 0 aliphatic carbocycles. The minimum atomic E-state index is -0.229. The molecule has 0 saturated carbocycles. The molecule has 2 amide bonds. The number of carbonyl (C=O) groups is 2. The Morgan fingerprint density at radius 1 is 1.40 bits per heavy atom. The molecule has 1 N–H and O–H groups in total. The van der Waals surface area contributed by atoms with Crippen LogP contribution in [-0.2, 0) is 16.0 Å². The van der Waals surface area contributed by atoms with Crippen LogP contribution in [-0.4, -0.2) is 16.8 Å². The molecule has 0 aliphatic heterocycles. The summed E-state index contributed by atoms with van der Waals surface area (Å²) in [6.45, 7) is 3.51. The smallest absolute Gasteiger partial charge is 0.229 e. The van der Waals surface area contributed by atoms with Crippen molar-refractivity contribution in [2.45, 2.75) is 33.1 Å². The first-order chi connectivity index (χ1) is 9.58. The summed E-state index contributed by atoms with van der Waals surface area (Å²) in [4.78, 5) is 27.1. The van der Waals surface area contributed by atoms with E-state index in [4.69, 9.17) is 4.42 Å². The topological polar surface area (TPSA) is 72.2 Å². The van der Waals surface area contributed by atoms with Crippen LogP contribution >= 0.6 is 0 Å². The van der Waals surface area contributed by atoms with Gasteiger partial charge in [0.1, 0.15) is 0 Å². The number of fused-ring (bicyclic) bond motifs is 1. The Hall–Kier alpha value is -2.17. The van der Waals surface area contributed by atoms with E-state index < -0.39 is 0 Å². The molecule has 5 nitrogen and oxygen atoms in total. The van der Waals surface area contributed by atoms with E-state index in [-0.39, 0.29) is 17.7 Å². The first-order valence-electron chi connectivity index (χ1n) is 6.72. The van der Waals surface area contributed by atoms with Gasteiger partial charge in [0.15, 0.2) is 0 Å². The fraction of sp³-hybridized carbons (Fsp3) is 0.400. The molecular formula is C15H18N2O3. The standard InChI is InChI=1S/C15H18N2O3/c1-10(2)14(19)17-13(18)7-3-5-11-9-20-15-12(11)6-4-8-16-15/h4,6,8-10H,3,5,7H2,1-2H3,(H,17,18,19). The number of aryl methyl sites for hydroxylation is 1. The molecule has 0 radical (unpaired) electrons. The van der Waals surface area contributed by atoms with Crippen molar-refractivity contribution in [3.05, 3.63) is 30.2 Å². The van der Waals surface area contributed by atoms with Crippen LogP contribution in [0.2, 0.25) is 0 Å². The Labute approximate surface area is 117 Å². The molecule has 2 aromatic rings. The third-order valence-corrected chi connectivity index (χ3v) is 3.07. The molecule has 0 fully saturated rings.